The zero-order chi connectivity index (χ0) is 8.53. The van der Waals surface area contributed by atoms with Gasteiger partial charge in [-0.2, -0.15) is 0 Å². The van der Waals surface area contributed by atoms with Crippen LogP contribution in [0.4, 0.5) is 0 Å². The van der Waals surface area contributed by atoms with Crippen LogP contribution in [0.5, 0.6) is 0 Å². The van der Waals surface area contributed by atoms with Crippen molar-refractivity contribution in [1.29, 1.82) is 0 Å². The average Bonchev–Trinajstić information content (AvgIpc) is 2.04. The van der Waals surface area contributed by atoms with Gasteiger partial charge in [-0.3, -0.25) is 0 Å². The van der Waals surface area contributed by atoms with Crippen molar-refractivity contribution >= 4 is 15.9 Å². The number of hydrogen-bond donors (Lipinski definition) is 0. The molecule has 0 N–H and O–H groups in total. The van der Waals surface area contributed by atoms with Crippen LogP contribution in [0, 0.1) is 0 Å². The van der Waals surface area contributed by atoms with Crippen molar-refractivity contribution in [3.63, 3.8) is 0 Å². The largest absolute Gasteiger partial charge is 0.500 e. The minimum absolute atomic E-state index is 0.706. The van der Waals surface area contributed by atoms with Crippen LogP contribution in [0.15, 0.2) is 36.6 Å². The number of hydrogen-bond acceptors (Lipinski definition) is 1. The molecule has 0 saturated carbocycles. The van der Waals surface area contributed by atoms with Gasteiger partial charge in [0.15, 0.2) is 0 Å². The van der Waals surface area contributed by atoms with E-state index in [-0.39, 0.29) is 0 Å². The maximum absolute atomic E-state index is 5.07. The monoisotopic (exact) mass is 216 g/mol. The smallest absolute Gasteiger partial charge is 0.0970 e. The molecule has 0 rings (SSSR count). The Bertz CT molecular complexity index is 159. The van der Waals surface area contributed by atoms with Gasteiger partial charge in [-0.1, -0.05) is 40.2 Å². The summed E-state index contributed by atoms with van der Waals surface area (Å²) in [5.41, 5.74) is 1.13. The number of ether oxygens (including phenoxy) is 1. The molecule has 0 heterocycles. The molecule has 0 aromatic rings. The highest BCUT2D eigenvalue weighted by Gasteiger charge is 1.76. The molecule has 0 spiro atoms. The molecule has 0 saturated heterocycles. The molecule has 0 unspecified atom stereocenters. The van der Waals surface area contributed by atoms with Crippen LogP contribution in [-0.4, -0.2) is 11.9 Å². The molecule has 0 aliphatic carbocycles. The Morgan fingerprint density at radius 1 is 1.64 bits per heavy atom. The second kappa shape index (κ2) is 7.61. The molecule has 11 heavy (non-hydrogen) atoms. The molecular formula is C9H13BrO. The zero-order valence-corrected chi connectivity index (χ0v) is 8.30. The lowest BCUT2D eigenvalue weighted by Crippen LogP contribution is -1.85. The highest BCUT2D eigenvalue weighted by Crippen LogP contribution is 1.93. The lowest BCUT2D eigenvalue weighted by atomic mass is 10.3. The van der Waals surface area contributed by atoms with Gasteiger partial charge in [0.05, 0.1) is 12.9 Å². The van der Waals surface area contributed by atoms with E-state index in [9.17, 15) is 0 Å². The minimum atomic E-state index is 0.706. The van der Waals surface area contributed by atoms with Gasteiger partial charge < -0.3 is 4.74 Å². The highest BCUT2D eigenvalue weighted by molar-refractivity contribution is 9.09. The summed E-state index contributed by atoms with van der Waals surface area (Å²) in [4.78, 5) is 0. The minimum Gasteiger partial charge on any atom is -0.500 e. The molecule has 0 fully saturated rings. The van der Waals surface area contributed by atoms with E-state index >= 15 is 0 Å². The lowest BCUT2D eigenvalue weighted by molar-refractivity contribution is 0.273. The molecule has 0 bridgehead atoms. The first-order chi connectivity index (χ1) is 5.31. The Hall–Kier alpha value is -0.500. The fraction of sp³-hybridized carbons (Fsp3) is 0.333. The molecule has 0 aromatic heterocycles. The van der Waals surface area contributed by atoms with Gasteiger partial charge in [0.25, 0.3) is 0 Å². The normalized spacial score (nSPS) is 12.0. The van der Waals surface area contributed by atoms with Crippen LogP contribution >= 0.6 is 15.9 Å². The van der Waals surface area contributed by atoms with Gasteiger partial charge in [0, 0.05) is 5.33 Å². The Kier molecular flexibility index (Phi) is 7.26. The summed E-state index contributed by atoms with van der Waals surface area (Å²) in [5, 5.41) is 0.863. The summed E-state index contributed by atoms with van der Waals surface area (Å²) >= 11 is 3.25. The quantitative estimate of drug-likeness (QED) is 0.297. The van der Waals surface area contributed by atoms with Crippen LogP contribution in [0.25, 0.3) is 0 Å². The van der Waals surface area contributed by atoms with Crippen LogP contribution in [0.3, 0.4) is 0 Å². The van der Waals surface area contributed by atoms with E-state index in [4.69, 9.17) is 4.74 Å². The third-order valence-corrected chi connectivity index (χ3v) is 1.37. The Morgan fingerprint density at radius 2 is 2.36 bits per heavy atom. The third kappa shape index (κ3) is 7.40. The van der Waals surface area contributed by atoms with Gasteiger partial charge in [0.1, 0.15) is 0 Å². The standard InChI is InChI=1S/C9H13BrO/c1-3-9(2)5-4-7-11-8-6-10/h3-5,7H,1,6,8H2,2H3/b7-4+,9-5-. The molecule has 1 nitrogen and oxygen atoms in total. The molecule has 0 aliphatic heterocycles. The lowest BCUT2D eigenvalue weighted by Gasteiger charge is -1.92. The van der Waals surface area contributed by atoms with E-state index in [0.29, 0.717) is 6.61 Å². The van der Waals surface area contributed by atoms with Crippen LogP contribution in [0.2, 0.25) is 0 Å². The van der Waals surface area contributed by atoms with Gasteiger partial charge in [-0.25, -0.2) is 0 Å². The molecule has 62 valence electrons. The first-order valence-electron chi connectivity index (χ1n) is 3.44. The first kappa shape index (κ1) is 10.5. The maximum atomic E-state index is 5.07. The molecular weight excluding hydrogens is 204 g/mol. The fourth-order valence-corrected chi connectivity index (χ4v) is 0.614. The average molecular weight is 217 g/mol. The van der Waals surface area contributed by atoms with E-state index in [2.05, 4.69) is 22.5 Å². The Labute approximate surface area is 76.6 Å². The molecule has 0 radical (unpaired) electrons. The molecule has 0 aromatic carbocycles. The van der Waals surface area contributed by atoms with Crippen molar-refractivity contribution < 1.29 is 4.74 Å². The summed E-state index contributed by atoms with van der Waals surface area (Å²) < 4.78 is 5.07. The predicted octanol–water partition coefficient (Wildman–Crippen LogP) is 3.04. The zero-order valence-electron chi connectivity index (χ0n) is 6.72. The van der Waals surface area contributed by atoms with E-state index in [1.54, 1.807) is 12.3 Å². The van der Waals surface area contributed by atoms with Crippen LogP contribution < -0.4 is 0 Å². The Morgan fingerprint density at radius 3 is 2.91 bits per heavy atom. The summed E-state index contributed by atoms with van der Waals surface area (Å²) in [7, 11) is 0. The van der Waals surface area contributed by atoms with Gasteiger partial charge in [0.2, 0.25) is 0 Å². The number of allylic oxidation sites excluding steroid dienone is 4. The number of halogens is 1. The summed E-state index contributed by atoms with van der Waals surface area (Å²) in [6.45, 7) is 6.32. The van der Waals surface area contributed by atoms with Gasteiger partial charge in [-0.15, -0.1) is 0 Å². The maximum Gasteiger partial charge on any atom is 0.0970 e. The van der Waals surface area contributed by atoms with E-state index in [1.807, 2.05) is 19.1 Å². The third-order valence-electron chi connectivity index (χ3n) is 1.05. The van der Waals surface area contributed by atoms with Crippen molar-refractivity contribution in [2.45, 2.75) is 6.92 Å². The summed E-state index contributed by atoms with van der Waals surface area (Å²) in [6.07, 6.45) is 7.28. The van der Waals surface area contributed by atoms with E-state index in [0.717, 1.165) is 10.9 Å². The second-order valence-electron chi connectivity index (χ2n) is 2.00. The van der Waals surface area contributed by atoms with Crippen molar-refractivity contribution in [2.24, 2.45) is 0 Å². The fourth-order valence-electron chi connectivity index (χ4n) is 0.427. The first-order valence-corrected chi connectivity index (χ1v) is 4.57. The van der Waals surface area contributed by atoms with Crippen molar-refractivity contribution in [2.75, 3.05) is 11.9 Å². The summed E-state index contributed by atoms with van der Waals surface area (Å²) in [5.74, 6) is 0. The molecule has 0 aliphatic rings. The Balaban J connectivity index is 3.50. The summed E-state index contributed by atoms with van der Waals surface area (Å²) in [6, 6.07) is 0. The van der Waals surface area contributed by atoms with Crippen LogP contribution in [-0.2, 0) is 4.74 Å². The topological polar surface area (TPSA) is 9.23 Å². The molecule has 0 atom stereocenters. The van der Waals surface area contributed by atoms with Crippen molar-refractivity contribution in [3.05, 3.63) is 36.6 Å². The van der Waals surface area contributed by atoms with Gasteiger partial charge >= 0.3 is 0 Å². The van der Waals surface area contributed by atoms with E-state index in [1.165, 1.54) is 0 Å². The number of alkyl halides is 1. The molecule has 0 amide bonds. The van der Waals surface area contributed by atoms with Crippen molar-refractivity contribution in [1.82, 2.24) is 0 Å². The SMILES string of the molecule is C=C/C(C)=C\C=C\OCCBr. The predicted molar refractivity (Wildman–Crippen MR) is 52.8 cm³/mol. The highest BCUT2D eigenvalue weighted by atomic mass is 79.9. The van der Waals surface area contributed by atoms with Gasteiger partial charge in [-0.05, 0) is 13.0 Å². The molecule has 2 heteroatoms. The van der Waals surface area contributed by atoms with Crippen LogP contribution in [0.1, 0.15) is 6.92 Å². The second-order valence-corrected chi connectivity index (χ2v) is 2.80. The number of rotatable bonds is 5. The van der Waals surface area contributed by atoms with E-state index < -0.39 is 0 Å². The van der Waals surface area contributed by atoms with Crippen molar-refractivity contribution in [3.8, 4) is 0 Å².